The van der Waals surface area contributed by atoms with Gasteiger partial charge in [-0.15, -0.1) is 11.8 Å². The number of halogens is 1. The molecule has 0 radical (unpaired) electrons. The Morgan fingerprint density at radius 3 is 2.25 bits per heavy atom. The number of fused-ring (bicyclic) bond motifs is 1. The highest BCUT2D eigenvalue weighted by Crippen LogP contribution is 2.38. The first-order valence-corrected chi connectivity index (χ1v) is 12.0. The monoisotopic (exact) mass is 500 g/mol. The quantitative estimate of drug-likeness (QED) is 0.292. The van der Waals surface area contributed by atoms with Gasteiger partial charge in [0, 0.05) is 22.3 Å². The third-order valence-electron chi connectivity index (χ3n) is 5.47. The molecule has 0 aromatic heterocycles. The number of anilines is 2. The van der Waals surface area contributed by atoms with Crippen LogP contribution in [-0.2, 0) is 4.79 Å². The topological polar surface area (TPSA) is 76.7 Å². The second kappa shape index (κ2) is 10.5. The van der Waals surface area contributed by atoms with Crippen molar-refractivity contribution in [1.82, 2.24) is 0 Å². The Bertz CT molecular complexity index is 1400. The molecule has 0 fully saturated rings. The predicted octanol–water partition coefficient (Wildman–Crippen LogP) is 6.28. The van der Waals surface area contributed by atoms with Crippen LogP contribution in [0.3, 0.4) is 0 Å². The average Bonchev–Trinajstić information content (AvgIpc) is 3.37. The van der Waals surface area contributed by atoms with Gasteiger partial charge < -0.3 is 20.1 Å². The number of rotatable bonds is 7. The molecule has 0 bridgehead atoms. The van der Waals surface area contributed by atoms with Gasteiger partial charge in [0.2, 0.25) is 12.7 Å². The molecule has 5 rings (SSSR count). The fourth-order valence-electron chi connectivity index (χ4n) is 3.68. The lowest BCUT2D eigenvalue weighted by Gasteiger charge is -2.17. The lowest BCUT2D eigenvalue weighted by atomic mass is 10.1. The normalized spacial score (nSPS) is 12.6. The Balaban J connectivity index is 1.31. The van der Waals surface area contributed by atoms with Crippen molar-refractivity contribution in [1.29, 1.82) is 0 Å². The predicted molar refractivity (Wildman–Crippen MR) is 137 cm³/mol. The summed E-state index contributed by atoms with van der Waals surface area (Å²) in [6.45, 7) is 0.159. The molecule has 4 aromatic rings. The maximum Gasteiger partial charge on any atom is 0.258 e. The summed E-state index contributed by atoms with van der Waals surface area (Å²) < 4.78 is 24.6. The van der Waals surface area contributed by atoms with Gasteiger partial charge in [0.15, 0.2) is 11.5 Å². The van der Waals surface area contributed by atoms with Gasteiger partial charge in [-0.2, -0.15) is 0 Å². The van der Waals surface area contributed by atoms with Gasteiger partial charge in [0.1, 0.15) is 11.1 Å². The Morgan fingerprint density at radius 1 is 0.778 bits per heavy atom. The van der Waals surface area contributed by atoms with Crippen LogP contribution in [0.2, 0.25) is 0 Å². The standard InChI is InChI=1S/C28H21FN2O4S/c29-23-9-5-4-8-22(23)27(32)30-19-10-13-21(14-11-19)36-26(18-6-2-1-3-7-18)28(33)31-20-12-15-24-25(16-20)35-17-34-24/h1-16,26H,17H2,(H,30,32)(H,31,33). The highest BCUT2D eigenvalue weighted by Gasteiger charge is 2.23. The van der Waals surface area contributed by atoms with Crippen LogP contribution in [-0.4, -0.2) is 18.6 Å². The van der Waals surface area contributed by atoms with E-state index in [4.69, 9.17) is 9.47 Å². The Morgan fingerprint density at radius 2 is 1.47 bits per heavy atom. The van der Waals surface area contributed by atoms with E-state index in [0.29, 0.717) is 22.9 Å². The molecule has 180 valence electrons. The van der Waals surface area contributed by atoms with E-state index in [-0.39, 0.29) is 18.3 Å². The summed E-state index contributed by atoms with van der Waals surface area (Å²) in [7, 11) is 0. The minimum absolute atomic E-state index is 0.0275. The average molecular weight is 501 g/mol. The van der Waals surface area contributed by atoms with Crippen LogP contribution in [0.4, 0.5) is 15.8 Å². The molecule has 0 saturated carbocycles. The first-order chi connectivity index (χ1) is 17.6. The van der Waals surface area contributed by atoms with Crippen LogP contribution in [0.25, 0.3) is 0 Å². The molecular formula is C28H21FN2O4S. The number of hydrogen-bond acceptors (Lipinski definition) is 5. The van der Waals surface area contributed by atoms with Crippen LogP contribution in [0.5, 0.6) is 11.5 Å². The zero-order valence-electron chi connectivity index (χ0n) is 18.9. The van der Waals surface area contributed by atoms with Crippen molar-refractivity contribution < 1.29 is 23.5 Å². The van der Waals surface area contributed by atoms with E-state index in [9.17, 15) is 14.0 Å². The van der Waals surface area contributed by atoms with E-state index in [1.807, 2.05) is 42.5 Å². The van der Waals surface area contributed by atoms with Crippen molar-refractivity contribution in [2.24, 2.45) is 0 Å². The molecule has 36 heavy (non-hydrogen) atoms. The van der Waals surface area contributed by atoms with Gasteiger partial charge >= 0.3 is 0 Å². The van der Waals surface area contributed by atoms with E-state index in [0.717, 1.165) is 10.5 Å². The van der Waals surface area contributed by atoms with Crippen LogP contribution in [0, 0.1) is 5.82 Å². The molecule has 1 aliphatic heterocycles. The number of carbonyl (C=O) groups is 2. The number of amides is 2. The zero-order valence-corrected chi connectivity index (χ0v) is 19.8. The molecule has 0 spiro atoms. The summed E-state index contributed by atoms with van der Waals surface area (Å²) >= 11 is 1.38. The van der Waals surface area contributed by atoms with Crippen molar-refractivity contribution in [2.45, 2.75) is 10.1 Å². The van der Waals surface area contributed by atoms with Crippen LogP contribution < -0.4 is 20.1 Å². The summed E-state index contributed by atoms with van der Waals surface area (Å²) in [5.41, 5.74) is 1.95. The van der Waals surface area contributed by atoms with E-state index in [1.54, 1.807) is 36.4 Å². The zero-order chi connectivity index (χ0) is 24.9. The molecule has 1 aliphatic rings. The SMILES string of the molecule is O=C(Nc1ccc(SC(C(=O)Nc2ccc3c(c2)OCO3)c2ccccc2)cc1)c1ccccc1F. The van der Waals surface area contributed by atoms with Crippen LogP contribution in [0.1, 0.15) is 21.2 Å². The highest BCUT2D eigenvalue weighted by molar-refractivity contribution is 8.00. The highest BCUT2D eigenvalue weighted by atomic mass is 32.2. The molecule has 0 saturated heterocycles. The molecule has 0 aliphatic carbocycles. The number of benzene rings is 4. The number of carbonyl (C=O) groups excluding carboxylic acids is 2. The molecule has 1 heterocycles. The van der Waals surface area contributed by atoms with Gasteiger partial charge in [-0.05, 0) is 54.1 Å². The second-order valence-corrected chi connectivity index (χ2v) is 9.10. The number of thioether (sulfide) groups is 1. The van der Waals surface area contributed by atoms with Gasteiger partial charge in [0.05, 0.1) is 5.56 Å². The fourth-order valence-corrected chi connectivity index (χ4v) is 4.70. The van der Waals surface area contributed by atoms with E-state index in [1.165, 1.54) is 30.0 Å². The molecule has 6 nitrogen and oxygen atoms in total. The largest absolute Gasteiger partial charge is 0.454 e. The van der Waals surface area contributed by atoms with Gasteiger partial charge in [-0.25, -0.2) is 4.39 Å². The van der Waals surface area contributed by atoms with Crippen LogP contribution >= 0.6 is 11.8 Å². The summed E-state index contributed by atoms with van der Waals surface area (Å²) in [6.07, 6.45) is 0. The number of nitrogens with one attached hydrogen (secondary N) is 2. The summed E-state index contributed by atoms with van der Waals surface area (Å²) in [4.78, 5) is 26.5. The third-order valence-corrected chi connectivity index (χ3v) is 6.73. The maximum absolute atomic E-state index is 13.9. The summed E-state index contributed by atoms with van der Waals surface area (Å²) in [6, 6.07) is 27.6. The Hall–Kier alpha value is -4.30. The second-order valence-electron chi connectivity index (χ2n) is 7.92. The minimum atomic E-state index is -0.582. The van der Waals surface area contributed by atoms with Crippen molar-refractivity contribution in [2.75, 3.05) is 17.4 Å². The Labute approximate surface area is 211 Å². The third kappa shape index (κ3) is 5.34. The fraction of sp³-hybridized carbons (Fsp3) is 0.0714. The first kappa shape index (κ1) is 23.4. The minimum Gasteiger partial charge on any atom is -0.454 e. The Kier molecular flexibility index (Phi) is 6.86. The molecular weight excluding hydrogens is 479 g/mol. The summed E-state index contributed by atoms with van der Waals surface area (Å²) in [5.74, 6) is -0.0731. The smallest absolute Gasteiger partial charge is 0.258 e. The molecule has 2 amide bonds. The summed E-state index contributed by atoms with van der Waals surface area (Å²) in [5, 5.41) is 5.13. The molecule has 2 N–H and O–H groups in total. The van der Waals surface area contributed by atoms with Crippen molar-refractivity contribution in [3.63, 3.8) is 0 Å². The van der Waals surface area contributed by atoms with Gasteiger partial charge in [-0.1, -0.05) is 42.5 Å². The molecule has 1 unspecified atom stereocenters. The van der Waals surface area contributed by atoms with Gasteiger partial charge in [0.25, 0.3) is 5.91 Å². The lowest BCUT2D eigenvalue weighted by Crippen LogP contribution is -2.19. The molecule has 1 atom stereocenters. The van der Waals surface area contributed by atoms with E-state index >= 15 is 0 Å². The van der Waals surface area contributed by atoms with Crippen molar-refractivity contribution >= 4 is 35.0 Å². The van der Waals surface area contributed by atoms with Gasteiger partial charge in [-0.3, -0.25) is 9.59 Å². The van der Waals surface area contributed by atoms with E-state index < -0.39 is 17.0 Å². The van der Waals surface area contributed by atoms with Crippen molar-refractivity contribution in [3.05, 3.63) is 114 Å². The number of hydrogen-bond donors (Lipinski definition) is 2. The van der Waals surface area contributed by atoms with E-state index in [2.05, 4.69) is 10.6 Å². The first-order valence-electron chi connectivity index (χ1n) is 11.1. The van der Waals surface area contributed by atoms with Crippen LogP contribution in [0.15, 0.2) is 102 Å². The van der Waals surface area contributed by atoms with Crippen molar-refractivity contribution in [3.8, 4) is 11.5 Å². The maximum atomic E-state index is 13.9. The molecule has 8 heteroatoms. The number of ether oxygens (including phenoxy) is 2. The molecule has 4 aromatic carbocycles. The lowest BCUT2D eigenvalue weighted by molar-refractivity contribution is -0.115.